The molecular formula is C18H18Cl3N6O3P3. The van der Waals surface area contributed by atoms with Crippen molar-refractivity contribution < 1.29 is 13.9 Å². The minimum absolute atomic E-state index is 0.335. The van der Waals surface area contributed by atoms with E-state index in [1.54, 1.807) is 72.8 Å². The topological polar surface area (TPSA) is 125 Å². The van der Waals surface area contributed by atoms with E-state index in [4.69, 9.17) is 65.3 Å². The molecule has 0 amide bonds. The normalized spacial score (nSPS) is 20.6. The molecule has 0 aliphatic carbocycles. The molecule has 9 nitrogen and oxygen atoms in total. The summed E-state index contributed by atoms with van der Waals surface area (Å²) < 4.78 is 19.2. The maximum atomic E-state index is 6.54. The molecule has 0 bridgehead atoms. The summed E-state index contributed by atoms with van der Waals surface area (Å²) >= 11 is 19.6. The Morgan fingerprint density at radius 1 is 0.727 bits per heavy atom. The van der Waals surface area contributed by atoms with Crippen molar-refractivity contribution in [3.8, 4) is 17.2 Å². The van der Waals surface area contributed by atoms with Crippen LogP contribution in [0.1, 0.15) is 0 Å². The first-order chi connectivity index (χ1) is 15.8. The fourth-order valence-corrected chi connectivity index (χ4v) is 10.9. The van der Waals surface area contributed by atoms with Gasteiger partial charge in [-0.15, -0.1) is 0 Å². The van der Waals surface area contributed by atoms with Crippen LogP contribution in [0.5, 0.6) is 17.2 Å². The molecule has 33 heavy (non-hydrogen) atoms. The van der Waals surface area contributed by atoms with Gasteiger partial charge < -0.3 is 31.1 Å². The van der Waals surface area contributed by atoms with Gasteiger partial charge >= 0.3 is 16.9 Å². The van der Waals surface area contributed by atoms with E-state index in [1.165, 1.54) is 4.60 Å². The zero-order valence-corrected chi connectivity index (χ0v) is 21.7. The van der Waals surface area contributed by atoms with Gasteiger partial charge in [0.1, 0.15) is 11.5 Å². The first-order valence-corrected chi connectivity index (χ1v) is 15.4. The fraction of sp³-hybridized carbons (Fsp3) is 0. The van der Waals surface area contributed by atoms with Crippen LogP contribution in [0.3, 0.4) is 0 Å². The fourth-order valence-electron chi connectivity index (χ4n) is 2.53. The van der Waals surface area contributed by atoms with Gasteiger partial charge in [-0.05, 0) is 70.7 Å². The first kappa shape index (κ1) is 24.5. The summed E-state index contributed by atoms with van der Waals surface area (Å²) in [6, 6.07) is 20.8. The van der Waals surface area contributed by atoms with E-state index in [-0.39, 0.29) is 0 Å². The van der Waals surface area contributed by atoms with Crippen LogP contribution in [-0.4, -0.2) is 8.56 Å². The molecule has 1 aliphatic heterocycles. The Kier molecular flexibility index (Phi) is 7.64. The summed E-state index contributed by atoms with van der Waals surface area (Å²) in [5.41, 5.74) is 19.4. The Hall–Kier alpha value is -1.66. The summed E-state index contributed by atoms with van der Waals surface area (Å²) in [6.07, 6.45) is 0. The zero-order chi connectivity index (χ0) is 23.6. The highest BCUT2D eigenvalue weighted by atomic mass is 35.9. The number of hydrogen-bond donors (Lipinski definition) is 3. The Bertz CT molecular complexity index is 1200. The maximum absolute atomic E-state index is 6.54. The van der Waals surface area contributed by atoms with Crippen molar-refractivity contribution in [1.82, 2.24) is 8.56 Å². The molecular weight excluding hydrogens is 548 g/mol. The summed E-state index contributed by atoms with van der Waals surface area (Å²) in [7, 11) is -4.03. The van der Waals surface area contributed by atoms with Crippen LogP contribution in [-0.2, 0) is 0 Å². The van der Waals surface area contributed by atoms with Crippen molar-refractivity contribution in [2.45, 2.75) is 0 Å². The Morgan fingerprint density at radius 2 is 1.18 bits per heavy atom. The molecule has 1 heterocycles. The van der Waals surface area contributed by atoms with Gasteiger partial charge in [-0.25, -0.2) is 0 Å². The molecule has 0 spiro atoms. The molecule has 2 atom stereocenters. The summed E-state index contributed by atoms with van der Waals surface area (Å²) in [6.45, 7) is 0. The van der Waals surface area contributed by atoms with Crippen molar-refractivity contribution in [2.75, 3.05) is 17.2 Å². The summed E-state index contributed by atoms with van der Waals surface area (Å²) in [5.74, 6) is -2.20. The summed E-state index contributed by atoms with van der Waals surface area (Å²) in [5, 5.41) is 0. The average Bonchev–Trinajstić information content (AvgIpc) is 2.78. The second-order valence-electron chi connectivity index (χ2n) is 6.43. The highest BCUT2D eigenvalue weighted by molar-refractivity contribution is 8.14. The second kappa shape index (κ2) is 10.3. The predicted octanol–water partition coefficient (Wildman–Crippen LogP) is 7.53. The van der Waals surface area contributed by atoms with Gasteiger partial charge in [0.2, 0.25) is 5.91 Å². The Balaban J connectivity index is 1.78. The second-order valence-corrected chi connectivity index (χ2v) is 15.7. The van der Waals surface area contributed by atoms with Crippen molar-refractivity contribution in [3.05, 3.63) is 72.8 Å². The lowest BCUT2D eigenvalue weighted by Crippen LogP contribution is -2.27. The van der Waals surface area contributed by atoms with Gasteiger partial charge in [0.15, 0.2) is 5.75 Å². The highest BCUT2D eigenvalue weighted by Gasteiger charge is 2.50. The molecule has 0 saturated carbocycles. The zero-order valence-electron chi connectivity index (χ0n) is 16.7. The molecule has 174 valence electrons. The van der Waals surface area contributed by atoms with Crippen LogP contribution < -0.4 is 31.1 Å². The largest absolute Gasteiger partial charge is 0.439 e. The molecule has 3 aromatic carbocycles. The van der Waals surface area contributed by atoms with Crippen LogP contribution in [0.25, 0.3) is 0 Å². The Morgan fingerprint density at radius 3 is 1.70 bits per heavy atom. The maximum Gasteiger partial charge on any atom is 0.345 e. The lowest BCUT2D eigenvalue weighted by Gasteiger charge is -2.39. The third-order valence-electron chi connectivity index (χ3n) is 4.11. The molecule has 4 rings (SSSR count). The molecule has 3 aromatic rings. The standard InChI is InChI=1S/C18H18Cl3N6O3P3/c19-26-32(30-18-12-6-3-9-15(18)24)27(28-16-10-4-1-7-13(16)22)31(25-33(26,20)21)29-17-11-5-2-8-14(17)23/h1-12H,22-24H2. The molecule has 1 aliphatic rings. The lowest BCUT2D eigenvalue weighted by atomic mass is 10.3. The molecule has 15 heteroatoms. The van der Waals surface area contributed by atoms with E-state index < -0.39 is 22.8 Å². The minimum Gasteiger partial charge on any atom is -0.439 e. The number of anilines is 3. The molecule has 0 saturated heterocycles. The van der Waals surface area contributed by atoms with E-state index in [9.17, 15) is 0 Å². The van der Waals surface area contributed by atoms with Crippen LogP contribution in [0.15, 0.2) is 77.3 Å². The number of nitrogen functional groups attached to an aromatic ring is 3. The summed E-state index contributed by atoms with van der Waals surface area (Å²) in [4.78, 5) is 6.11. The van der Waals surface area contributed by atoms with Gasteiger partial charge in [-0.3, -0.25) is 0 Å². The molecule has 0 fully saturated rings. The van der Waals surface area contributed by atoms with Crippen LogP contribution in [0.4, 0.5) is 17.1 Å². The quantitative estimate of drug-likeness (QED) is 0.159. The van der Waals surface area contributed by atoms with Gasteiger partial charge in [-0.1, -0.05) is 40.4 Å². The van der Waals surface area contributed by atoms with Gasteiger partial charge in [0, 0.05) is 4.60 Å². The van der Waals surface area contributed by atoms with E-state index in [0.717, 1.165) is 3.96 Å². The number of hydrogen-bond acceptors (Lipinski definition) is 9. The van der Waals surface area contributed by atoms with Crippen molar-refractivity contribution >= 4 is 74.1 Å². The van der Waals surface area contributed by atoms with E-state index in [0.29, 0.717) is 34.3 Å². The molecule has 6 N–H and O–H groups in total. The number of nitrogens with two attached hydrogens (primary N) is 3. The third-order valence-corrected chi connectivity index (χ3v) is 14.2. The molecule has 0 aromatic heterocycles. The van der Waals surface area contributed by atoms with Crippen molar-refractivity contribution in [3.63, 3.8) is 0 Å². The monoisotopic (exact) mass is 564 g/mol. The van der Waals surface area contributed by atoms with Crippen LogP contribution in [0, 0.1) is 0 Å². The van der Waals surface area contributed by atoms with E-state index in [2.05, 4.69) is 4.52 Å². The number of halogens is 3. The van der Waals surface area contributed by atoms with Crippen LogP contribution in [0.2, 0.25) is 0 Å². The van der Waals surface area contributed by atoms with E-state index in [1.807, 2.05) is 0 Å². The van der Waals surface area contributed by atoms with E-state index >= 15 is 0 Å². The van der Waals surface area contributed by atoms with Gasteiger partial charge in [0.05, 0.1) is 17.1 Å². The Labute approximate surface area is 207 Å². The molecule has 0 radical (unpaired) electrons. The molecule has 2 unspecified atom stereocenters. The van der Waals surface area contributed by atoms with Crippen molar-refractivity contribution in [1.29, 1.82) is 0 Å². The highest BCUT2D eigenvalue weighted by Crippen LogP contribution is 2.83. The van der Waals surface area contributed by atoms with Crippen molar-refractivity contribution in [2.24, 2.45) is 4.52 Å². The van der Waals surface area contributed by atoms with Gasteiger partial charge in [0.25, 0.3) is 0 Å². The average molecular weight is 566 g/mol. The lowest BCUT2D eigenvalue weighted by molar-refractivity contribution is 0.118. The third kappa shape index (κ3) is 5.54. The first-order valence-electron chi connectivity index (χ1n) is 9.22. The van der Waals surface area contributed by atoms with Gasteiger partial charge in [-0.2, -0.15) is 4.52 Å². The minimum atomic E-state index is -3.26. The predicted molar refractivity (Wildman–Crippen MR) is 139 cm³/mol. The smallest absolute Gasteiger partial charge is 0.345 e. The SMILES string of the molecule is Nc1ccccc1ON1P(Oc2ccccc2N)N=P(Cl)(Cl)N(Cl)P1Oc1ccccc1N. The number of para-hydroxylation sites is 6. The number of rotatable bonds is 6. The van der Waals surface area contributed by atoms with Crippen LogP contribution >= 0.6 is 57.1 Å². The number of benzene rings is 3. The number of nitrogens with zero attached hydrogens (tertiary/aromatic N) is 3.